The van der Waals surface area contributed by atoms with Gasteiger partial charge in [-0.1, -0.05) is 15.9 Å². The average Bonchev–Trinajstić information content (AvgIpc) is 2.41. The topological polar surface area (TPSA) is 29.5 Å². The molecule has 0 aromatic carbocycles. The second-order valence-electron chi connectivity index (χ2n) is 3.11. The van der Waals surface area contributed by atoms with E-state index in [0.717, 1.165) is 19.4 Å². The second-order valence-corrected chi connectivity index (χ2v) is 4.17. The smallest absolute Gasteiger partial charge is 0.0693 e. The standard InChI is InChI=1S/C7H11BrO2/c8-7-4-1-2-10-6(4)3-5(7)9/h4-7,9H,1-3H2. The number of fused-ring (bicyclic) bond motifs is 1. The Morgan fingerprint density at radius 3 is 3.00 bits per heavy atom. The number of hydrogen-bond donors (Lipinski definition) is 1. The number of hydrogen-bond acceptors (Lipinski definition) is 2. The van der Waals surface area contributed by atoms with Crippen LogP contribution >= 0.6 is 15.9 Å². The Balaban J connectivity index is 2.09. The van der Waals surface area contributed by atoms with Crippen LogP contribution in [0.2, 0.25) is 0 Å². The predicted molar refractivity (Wildman–Crippen MR) is 41.2 cm³/mol. The first kappa shape index (κ1) is 7.07. The van der Waals surface area contributed by atoms with Gasteiger partial charge in [-0.15, -0.1) is 0 Å². The van der Waals surface area contributed by atoms with Gasteiger partial charge in [0, 0.05) is 23.8 Å². The van der Waals surface area contributed by atoms with Crippen molar-refractivity contribution in [2.24, 2.45) is 5.92 Å². The first-order chi connectivity index (χ1) is 4.79. The monoisotopic (exact) mass is 206 g/mol. The second kappa shape index (κ2) is 2.47. The average molecular weight is 207 g/mol. The van der Waals surface area contributed by atoms with E-state index in [1.54, 1.807) is 0 Å². The number of rotatable bonds is 0. The predicted octanol–water partition coefficient (Wildman–Crippen LogP) is 0.920. The minimum absolute atomic E-state index is 0.185. The van der Waals surface area contributed by atoms with Crippen molar-refractivity contribution in [3.63, 3.8) is 0 Å². The Bertz CT molecular complexity index is 138. The summed E-state index contributed by atoms with van der Waals surface area (Å²) in [6.07, 6.45) is 2.08. The van der Waals surface area contributed by atoms with Gasteiger partial charge in [0.15, 0.2) is 0 Å². The highest BCUT2D eigenvalue weighted by molar-refractivity contribution is 9.09. The molecule has 1 aliphatic carbocycles. The van der Waals surface area contributed by atoms with Gasteiger partial charge in [-0.3, -0.25) is 0 Å². The van der Waals surface area contributed by atoms with E-state index in [9.17, 15) is 5.11 Å². The molecule has 1 N–H and O–H groups in total. The molecule has 1 heterocycles. The zero-order chi connectivity index (χ0) is 7.14. The van der Waals surface area contributed by atoms with Crippen molar-refractivity contribution in [2.75, 3.05) is 6.61 Å². The number of aliphatic hydroxyl groups excluding tert-OH is 1. The molecule has 2 fully saturated rings. The van der Waals surface area contributed by atoms with Crippen molar-refractivity contribution in [3.05, 3.63) is 0 Å². The van der Waals surface area contributed by atoms with Gasteiger partial charge in [0.05, 0.1) is 12.2 Å². The quantitative estimate of drug-likeness (QED) is 0.598. The lowest BCUT2D eigenvalue weighted by atomic mass is 10.1. The number of aliphatic hydroxyl groups is 1. The fourth-order valence-corrected chi connectivity index (χ4v) is 2.75. The first-order valence-electron chi connectivity index (χ1n) is 3.73. The van der Waals surface area contributed by atoms with Crippen molar-refractivity contribution in [1.29, 1.82) is 0 Å². The van der Waals surface area contributed by atoms with Gasteiger partial charge in [-0.25, -0.2) is 0 Å². The lowest BCUT2D eigenvalue weighted by Crippen LogP contribution is -2.18. The molecule has 0 amide bonds. The molecular weight excluding hydrogens is 196 g/mol. The lowest BCUT2D eigenvalue weighted by molar-refractivity contribution is 0.0825. The summed E-state index contributed by atoms with van der Waals surface area (Å²) < 4.78 is 5.43. The molecule has 2 aliphatic rings. The fourth-order valence-electron chi connectivity index (χ4n) is 1.93. The molecule has 10 heavy (non-hydrogen) atoms. The van der Waals surface area contributed by atoms with Crippen molar-refractivity contribution < 1.29 is 9.84 Å². The molecule has 2 rings (SSSR count). The van der Waals surface area contributed by atoms with E-state index in [1.165, 1.54) is 0 Å². The summed E-state index contributed by atoms with van der Waals surface area (Å²) in [7, 11) is 0. The zero-order valence-electron chi connectivity index (χ0n) is 5.66. The molecule has 3 heteroatoms. The largest absolute Gasteiger partial charge is 0.392 e. The van der Waals surface area contributed by atoms with Gasteiger partial charge >= 0.3 is 0 Å². The van der Waals surface area contributed by atoms with Crippen molar-refractivity contribution in [3.8, 4) is 0 Å². The Hall–Kier alpha value is 0.400. The highest BCUT2D eigenvalue weighted by Crippen LogP contribution is 2.40. The molecule has 0 bridgehead atoms. The van der Waals surface area contributed by atoms with Gasteiger partial charge in [0.25, 0.3) is 0 Å². The van der Waals surface area contributed by atoms with Gasteiger partial charge in [-0.05, 0) is 6.42 Å². The van der Waals surface area contributed by atoms with Crippen LogP contribution in [0.15, 0.2) is 0 Å². The maximum Gasteiger partial charge on any atom is 0.0693 e. The van der Waals surface area contributed by atoms with Gasteiger partial charge in [-0.2, -0.15) is 0 Å². The molecule has 58 valence electrons. The molecule has 0 aromatic heterocycles. The maximum absolute atomic E-state index is 9.38. The minimum atomic E-state index is -0.185. The molecule has 2 nitrogen and oxygen atoms in total. The van der Waals surface area contributed by atoms with Crippen LogP contribution in [0, 0.1) is 5.92 Å². The Morgan fingerprint density at radius 2 is 2.30 bits per heavy atom. The number of halogens is 1. The molecular formula is C7H11BrO2. The van der Waals surface area contributed by atoms with Crippen LogP contribution in [-0.4, -0.2) is 28.7 Å². The number of alkyl halides is 1. The summed E-state index contributed by atoms with van der Waals surface area (Å²) in [4.78, 5) is 0.278. The van der Waals surface area contributed by atoms with E-state index in [0.29, 0.717) is 12.0 Å². The van der Waals surface area contributed by atoms with Crippen LogP contribution < -0.4 is 0 Å². The highest BCUT2D eigenvalue weighted by Gasteiger charge is 2.44. The summed E-state index contributed by atoms with van der Waals surface area (Å²) in [6, 6.07) is 0. The van der Waals surface area contributed by atoms with Crippen molar-refractivity contribution in [1.82, 2.24) is 0 Å². The molecule has 4 atom stereocenters. The normalized spacial score (nSPS) is 53.4. The molecule has 1 aliphatic heterocycles. The highest BCUT2D eigenvalue weighted by atomic mass is 79.9. The molecule has 0 spiro atoms. The van der Waals surface area contributed by atoms with Crippen LogP contribution in [0.25, 0.3) is 0 Å². The number of ether oxygens (including phenoxy) is 1. The van der Waals surface area contributed by atoms with Crippen molar-refractivity contribution >= 4 is 15.9 Å². The minimum Gasteiger partial charge on any atom is -0.392 e. The van der Waals surface area contributed by atoms with E-state index in [1.807, 2.05) is 0 Å². The van der Waals surface area contributed by atoms with E-state index >= 15 is 0 Å². The Morgan fingerprint density at radius 1 is 1.50 bits per heavy atom. The van der Waals surface area contributed by atoms with E-state index in [2.05, 4.69) is 15.9 Å². The summed E-state index contributed by atoms with van der Waals surface area (Å²) >= 11 is 3.48. The SMILES string of the molecule is OC1CC2OCCC2C1Br. The van der Waals surface area contributed by atoms with Crippen LogP contribution in [0.3, 0.4) is 0 Å². The van der Waals surface area contributed by atoms with E-state index < -0.39 is 0 Å². The van der Waals surface area contributed by atoms with Crippen LogP contribution in [0.1, 0.15) is 12.8 Å². The van der Waals surface area contributed by atoms with E-state index in [-0.39, 0.29) is 10.9 Å². The van der Waals surface area contributed by atoms with E-state index in [4.69, 9.17) is 4.74 Å². The first-order valence-corrected chi connectivity index (χ1v) is 4.64. The summed E-state index contributed by atoms with van der Waals surface area (Å²) in [5.41, 5.74) is 0. The van der Waals surface area contributed by atoms with Crippen molar-refractivity contribution in [2.45, 2.75) is 29.9 Å². The third-order valence-corrected chi connectivity index (χ3v) is 3.80. The molecule has 0 aromatic rings. The third kappa shape index (κ3) is 0.917. The zero-order valence-corrected chi connectivity index (χ0v) is 7.25. The fraction of sp³-hybridized carbons (Fsp3) is 1.00. The molecule has 0 radical (unpaired) electrons. The summed E-state index contributed by atoms with van der Waals surface area (Å²) in [5, 5.41) is 9.38. The molecule has 1 saturated carbocycles. The molecule has 4 unspecified atom stereocenters. The third-order valence-electron chi connectivity index (χ3n) is 2.51. The Labute approximate surface area is 68.7 Å². The van der Waals surface area contributed by atoms with Gasteiger partial charge < -0.3 is 9.84 Å². The summed E-state index contributed by atoms with van der Waals surface area (Å²) in [6.45, 7) is 0.879. The maximum atomic E-state index is 9.38. The molecule has 1 saturated heterocycles. The van der Waals surface area contributed by atoms with Crippen LogP contribution in [-0.2, 0) is 4.74 Å². The Kier molecular flexibility index (Phi) is 1.74. The van der Waals surface area contributed by atoms with Gasteiger partial charge in [0.1, 0.15) is 0 Å². The summed E-state index contributed by atoms with van der Waals surface area (Å²) in [5.74, 6) is 0.565. The van der Waals surface area contributed by atoms with Crippen LogP contribution in [0.5, 0.6) is 0 Å². The van der Waals surface area contributed by atoms with Gasteiger partial charge in [0.2, 0.25) is 0 Å². The van der Waals surface area contributed by atoms with Crippen LogP contribution in [0.4, 0.5) is 0 Å². The lowest BCUT2D eigenvalue weighted by Gasteiger charge is -2.10.